The monoisotopic (exact) mass is 238 g/mol. The number of aldehydes is 1. The third kappa shape index (κ3) is 2.20. The second kappa shape index (κ2) is 5.11. The first kappa shape index (κ1) is 11.8. The van der Waals surface area contributed by atoms with E-state index >= 15 is 0 Å². The molecule has 0 amide bonds. The molecule has 18 heavy (non-hydrogen) atoms. The van der Waals surface area contributed by atoms with Gasteiger partial charge in [0.2, 0.25) is 5.88 Å². The minimum Gasteiger partial charge on any atom is -0.481 e. The van der Waals surface area contributed by atoms with Crippen molar-refractivity contribution >= 4 is 6.29 Å². The molecule has 0 aliphatic rings. The minimum absolute atomic E-state index is 0.503. The SMILES string of the molecule is COc1ccc(-c2cc(C#N)ccc2C=O)cn1. The molecular formula is C14H10N2O2. The fourth-order valence-corrected chi connectivity index (χ4v) is 1.64. The van der Waals surface area contributed by atoms with E-state index in [9.17, 15) is 4.79 Å². The highest BCUT2D eigenvalue weighted by Crippen LogP contribution is 2.24. The summed E-state index contributed by atoms with van der Waals surface area (Å²) in [7, 11) is 1.54. The standard InChI is InChI=1S/C14H10N2O2/c1-18-14-5-4-11(8-16-14)13-6-10(7-15)2-3-12(13)9-17/h2-6,8-9H,1H3. The molecule has 0 bridgehead atoms. The second-order valence-corrected chi connectivity index (χ2v) is 3.62. The van der Waals surface area contributed by atoms with E-state index in [1.807, 2.05) is 6.07 Å². The highest BCUT2D eigenvalue weighted by molar-refractivity contribution is 5.88. The zero-order valence-electron chi connectivity index (χ0n) is 9.75. The van der Waals surface area contributed by atoms with Gasteiger partial charge in [-0.15, -0.1) is 0 Å². The number of aromatic nitrogens is 1. The van der Waals surface area contributed by atoms with E-state index in [4.69, 9.17) is 10.00 Å². The Morgan fingerprint density at radius 2 is 2.17 bits per heavy atom. The van der Waals surface area contributed by atoms with Crippen molar-refractivity contribution in [3.63, 3.8) is 0 Å². The zero-order valence-corrected chi connectivity index (χ0v) is 9.75. The van der Waals surface area contributed by atoms with Crippen LogP contribution in [0.15, 0.2) is 36.5 Å². The van der Waals surface area contributed by atoms with Crippen LogP contribution in [0.25, 0.3) is 11.1 Å². The van der Waals surface area contributed by atoms with E-state index in [1.54, 1.807) is 36.5 Å². The molecule has 4 nitrogen and oxygen atoms in total. The van der Waals surface area contributed by atoms with E-state index in [2.05, 4.69) is 4.98 Å². The molecule has 1 aromatic heterocycles. The number of pyridine rings is 1. The van der Waals surface area contributed by atoms with Crippen LogP contribution >= 0.6 is 0 Å². The highest BCUT2D eigenvalue weighted by atomic mass is 16.5. The number of nitriles is 1. The van der Waals surface area contributed by atoms with Gasteiger partial charge in [0.15, 0.2) is 6.29 Å². The summed E-state index contributed by atoms with van der Waals surface area (Å²) in [6.45, 7) is 0. The van der Waals surface area contributed by atoms with Gasteiger partial charge in [0.05, 0.1) is 18.7 Å². The van der Waals surface area contributed by atoms with E-state index in [1.165, 1.54) is 7.11 Å². The number of hydrogen-bond donors (Lipinski definition) is 0. The molecule has 0 saturated carbocycles. The van der Waals surface area contributed by atoms with Crippen LogP contribution < -0.4 is 4.74 Å². The van der Waals surface area contributed by atoms with Gasteiger partial charge in [-0.25, -0.2) is 4.98 Å². The normalized spacial score (nSPS) is 9.56. The quantitative estimate of drug-likeness (QED) is 0.770. The topological polar surface area (TPSA) is 63.0 Å². The summed E-state index contributed by atoms with van der Waals surface area (Å²) in [5, 5.41) is 8.88. The Balaban J connectivity index is 2.54. The van der Waals surface area contributed by atoms with Crippen molar-refractivity contribution in [2.45, 2.75) is 0 Å². The fourth-order valence-electron chi connectivity index (χ4n) is 1.64. The molecule has 2 rings (SSSR count). The summed E-state index contributed by atoms with van der Waals surface area (Å²) >= 11 is 0. The van der Waals surface area contributed by atoms with Crippen molar-refractivity contribution in [3.05, 3.63) is 47.7 Å². The molecule has 0 saturated heterocycles. The third-order valence-electron chi connectivity index (χ3n) is 2.57. The first-order valence-electron chi connectivity index (χ1n) is 5.28. The molecule has 0 aliphatic heterocycles. The summed E-state index contributed by atoms with van der Waals surface area (Å²) in [6.07, 6.45) is 2.38. The fraction of sp³-hybridized carbons (Fsp3) is 0.0714. The summed E-state index contributed by atoms with van der Waals surface area (Å²) in [4.78, 5) is 15.1. The van der Waals surface area contributed by atoms with Crippen molar-refractivity contribution in [1.82, 2.24) is 4.98 Å². The molecule has 0 atom stereocenters. The molecule has 0 unspecified atom stereocenters. The summed E-state index contributed by atoms with van der Waals surface area (Å²) in [6, 6.07) is 10.5. The van der Waals surface area contributed by atoms with E-state index < -0.39 is 0 Å². The smallest absolute Gasteiger partial charge is 0.212 e. The van der Waals surface area contributed by atoms with Gasteiger partial charge >= 0.3 is 0 Å². The molecule has 0 spiro atoms. The van der Waals surface area contributed by atoms with Crippen LogP contribution in [0.5, 0.6) is 5.88 Å². The molecule has 0 aliphatic carbocycles. The van der Waals surface area contributed by atoms with Crippen LogP contribution in [0.4, 0.5) is 0 Å². The van der Waals surface area contributed by atoms with E-state index in [-0.39, 0.29) is 0 Å². The van der Waals surface area contributed by atoms with Crippen molar-refractivity contribution in [1.29, 1.82) is 5.26 Å². The number of hydrogen-bond acceptors (Lipinski definition) is 4. The van der Waals surface area contributed by atoms with Gasteiger partial charge in [-0.3, -0.25) is 4.79 Å². The number of carbonyl (C=O) groups is 1. The van der Waals surface area contributed by atoms with Crippen LogP contribution in [0.3, 0.4) is 0 Å². The summed E-state index contributed by atoms with van der Waals surface area (Å²) in [5.74, 6) is 0.503. The van der Waals surface area contributed by atoms with Crippen LogP contribution in [-0.2, 0) is 0 Å². The van der Waals surface area contributed by atoms with Gasteiger partial charge in [-0.2, -0.15) is 5.26 Å². The Hall–Kier alpha value is -2.67. The average Bonchev–Trinajstić information content (AvgIpc) is 2.46. The lowest BCUT2D eigenvalue weighted by atomic mass is 9.99. The van der Waals surface area contributed by atoms with Crippen LogP contribution in [-0.4, -0.2) is 18.4 Å². The molecule has 0 N–H and O–H groups in total. The lowest BCUT2D eigenvalue weighted by molar-refractivity contribution is 0.112. The van der Waals surface area contributed by atoms with Crippen molar-refractivity contribution in [3.8, 4) is 23.1 Å². The average molecular weight is 238 g/mol. The van der Waals surface area contributed by atoms with E-state index in [0.717, 1.165) is 11.8 Å². The molecule has 4 heteroatoms. The lowest BCUT2D eigenvalue weighted by Crippen LogP contribution is -1.91. The van der Waals surface area contributed by atoms with Crippen LogP contribution in [0.2, 0.25) is 0 Å². The Morgan fingerprint density at radius 1 is 1.33 bits per heavy atom. The number of nitrogens with zero attached hydrogens (tertiary/aromatic N) is 2. The van der Waals surface area contributed by atoms with Gasteiger partial charge in [0, 0.05) is 23.4 Å². The minimum atomic E-state index is 0.503. The predicted octanol–water partition coefficient (Wildman–Crippen LogP) is 2.44. The molecule has 0 radical (unpaired) electrons. The molecule has 2 aromatic rings. The van der Waals surface area contributed by atoms with Gasteiger partial charge < -0.3 is 4.74 Å². The van der Waals surface area contributed by atoms with Crippen LogP contribution in [0, 0.1) is 11.3 Å². The maximum atomic E-state index is 11.0. The van der Waals surface area contributed by atoms with Gasteiger partial charge in [-0.05, 0) is 29.8 Å². The second-order valence-electron chi connectivity index (χ2n) is 3.62. The number of carbonyl (C=O) groups excluding carboxylic acids is 1. The Bertz CT molecular complexity index is 613. The Kier molecular flexibility index (Phi) is 3.35. The number of ether oxygens (including phenoxy) is 1. The van der Waals surface area contributed by atoms with Crippen molar-refractivity contribution in [2.24, 2.45) is 0 Å². The van der Waals surface area contributed by atoms with Gasteiger partial charge in [-0.1, -0.05) is 0 Å². The van der Waals surface area contributed by atoms with Gasteiger partial charge in [0.1, 0.15) is 0 Å². The summed E-state index contributed by atoms with van der Waals surface area (Å²) in [5.41, 5.74) is 2.50. The first-order valence-corrected chi connectivity index (χ1v) is 5.28. The molecule has 88 valence electrons. The maximum absolute atomic E-state index is 11.0. The van der Waals surface area contributed by atoms with Crippen LogP contribution in [0.1, 0.15) is 15.9 Å². The molecule has 1 heterocycles. The highest BCUT2D eigenvalue weighted by Gasteiger charge is 2.06. The largest absolute Gasteiger partial charge is 0.481 e. The molecule has 0 fully saturated rings. The van der Waals surface area contributed by atoms with Crippen molar-refractivity contribution in [2.75, 3.05) is 7.11 Å². The molecule has 1 aromatic carbocycles. The Morgan fingerprint density at radius 3 is 2.72 bits per heavy atom. The third-order valence-corrected chi connectivity index (χ3v) is 2.57. The molecular weight excluding hydrogens is 228 g/mol. The van der Waals surface area contributed by atoms with E-state index in [0.29, 0.717) is 22.6 Å². The lowest BCUT2D eigenvalue weighted by Gasteiger charge is -2.06. The van der Waals surface area contributed by atoms with Gasteiger partial charge in [0.25, 0.3) is 0 Å². The predicted molar refractivity (Wildman–Crippen MR) is 66.3 cm³/mol. The zero-order chi connectivity index (χ0) is 13.0. The van der Waals surface area contributed by atoms with Crippen molar-refractivity contribution < 1.29 is 9.53 Å². The number of rotatable bonds is 3. The summed E-state index contributed by atoms with van der Waals surface area (Å²) < 4.78 is 4.97. The number of benzene rings is 1. The maximum Gasteiger partial charge on any atom is 0.212 e. The number of methoxy groups -OCH3 is 1. The first-order chi connectivity index (χ1) is 8.78. The Labute approximate surface area is 104 Å².